The molecule has 13 heteroatoms. The number of carbonyl (C=O) groups is 2. The zero-order chi connectivity index (χ0) is 22.5. The Morgan fingerprint density at radius 3 is 2.57 bits per heavy atom. The maximum Gasteiger partial charge on any atom is 0.490 e. The molecular weight excluding hydrogens is 425 g/mol. The van der Waals surface area contributed by atoms with Crippen molar-refractivity contribution in [2.75, 3.05) is 6.54 Å². The third-order valence-electron chi connectivity index (χ3n) is 3.61. The molecule has 0 saturated heterocycles. The molecule has 3 rings (SSSR count). The zero-order valence-corrected chi connectivity index (χ0v) is 16.8. The fourth-order valence-corrected chi connectivity index (χ4v) is 3.08. The van der Waals surface area contributed by atoms with Gasteiger partial charge in [0.2, 0.25) is 5.78 Å². The van der Waals surface area contributed by atoms with Crippen LogP contribution in [0.4, 0.5) is 13.2 Å². The van der Waals surface area contributed by atoms with E-state index in [0.29, 0.717) is 24.4 Å². The molecule has 0 radical (unpaired) electrons. The van der Waals surface area contributed by atoms with Gasteiger partial charge in [0.25, 0.3) is 5.91 Å². The average molecular weight is 444 g/mol. The van der Waals surface area contributed by atoms with E-state index in [-0.39, 0.29) is 11.9 Å². The first-order valence-corrected chi connectivity index (χ1v) is 9.40. The molecule has 0 aliphatic carbocycles. The number of nitrogens with one attached hydrogen (secondary N) is 1. The van der Waals surface area contributed by atoms with Crippen LogP contribution in [0.5, 0.6) is 0 Å². The maximum absolute atomic E-state index is 12.2. The molecule has 9 nitrogen and oxygen atoms in total. The van der Waals surface area contributed by atoms with Gasteiger partial charge >= 0.3 is 12.1 Å². The normalized spacial score (nSPS) is 12.2. The first-order chi connectivity index (χ1) is 14.0. The highest BCUT2D eigenvalue weighted by Gasteiger charge is 2.38. The van der Waals surface area contributed by atoms with E-state index in [4.69, 9.17) is 15.6 Å². The van der Waals surface area contributed by atoms with Gasteiger partial charge < -0.3 is 16.2 Å². The molecule has 0 spiro atoms. The van der Waals surface area contributed by atoms with Gasteiger partial charge in [-0.05, 0) is 19.9 Å². The first-order valence-electron chi connectivity index (χ1n) is 8.59. The number of aliphatic carboxylic acids is 1. The summed E-state index contributed by atoms with van der Waals surface area (Å²) in [6, 6.07) is 1.69. The summed E-state index contributed by atoms with van der Waals surface area (Å²) in [6.07, 6.45) is 1.07. The lowest BCUT2D eigenvalue weighted by atomic mass is 10.3. The minimum absolute atomic E-state index is 0.161. The van der Waals surface area contributed by atoms with E-state index < -0.39 is 12.1 Å². The Labute approximate surface area is 172 Å². The van der Waals surface area contributed by atoms with Crippen LogP contribution in [-0.2, 0) is 11.2 Å². The number of rotatable bonds is 5. The third-order valence-corrected chi connectivity index (χ3v) is 4.78. The fraction of sp³-hybridized carbons (Fsp3) is 0.353. The van der Waals surface area contributed by atoms with Crippen molar-refractivity contribution in [3.05, 3.63) is 45.9 Å². The molecule has 3 heterocycles. The number of aromatic nitrogens is 4. The van der Waals surface area contributed by atoms with Gasteiger partial charge in [-0.1, -0.05) is 0 Å². The molecule has 0 aliphatic rings. The molecule has 1 unspecified atom stereocenters. The molecule has 3 aromatic rings. The summed E-state index contributed by atoms with van der Waals surface area (Å²) < 4.78 is 33.6. The number of carboxylic acids is 1. The Morgan fingerprint density at radius 1 is 1.37 bits per heavy atom. The number of halogens is 3. The Bertz CT molecular complexity index is 998. The molecule has 0 saturated carbocycles. The largest absolute Gasteiger partial charge is 0.490 e. The number of aryl methyl sites for hydroxylation is 1. The molecule has 0 aromatic carbocycles. The number of alkyl halides is 3. The lowest BCUT2D eigenvalue weighted by molar-refractivity contribution is -0.192. The van der Waals surface area contributed by atoms with Crippen molar-refractivity contribution >= 4 is 29.0 Å². The number of amides is 1. The highest BCUT2D eigenvalue weighted by atomic mass is 32.1. The smallest absolute Gasteiger partial charge is 0.475 e. The van der Waals surface area contributed by atoms with E-state index in [0.717, 1.165) is 15.6 Å². The zero-order valence-electron chi connectivity index (χ0n) is 16.0. The number of nitrogens with zero attached hydrogens (tertiary/aromatic N) is 4. The van der Waals surface area contributed by atoms with Gasteiger partial charge in [0.1, 0.15) is 10.7 Å². The van der Waals surface area contributed by atoms with Crippen LogP contribution in [0, 0.1) is 6.92 Å². The van der Waals surface area contributed by atoms with Crippen molar-refractivity contribution in [3.63, 3.8) is 0 Å². The number of hydrogen-bond acceptors (Lipinski definition) is 7. The van der Waals surface area contributed by atoms with Gasteiger partial charge in [0, 0.05) is 36.4 Å². The van der Waals surface area contributed by atoms with Crippen molar-refractivity contribution in [3.8, 4) is 0 Å². The van der Waals surface area contributed by atoms with Crippen molar-refractivity contribution in [1.82, 2.24) is 24.7 Å². The molecule has 1 amide bonds. The maximum atomic E-state index is 12.2. The molecule has 1 atom stereocenters. The van der Waals surface area contributed by atoms with Gasteiger partial charge in [0.05, 0.1) is 11.7 Å². The number of imidazole rings is 1. The van der Waals surface area contributed by atoms with Crippen molar-refractivity contribution in [1.29, 1.82) is 0 Å². The second-order valence-electron chi connectivity index (χ2n) is 6.11. The molecule has 0 aliphatic heterocycles. The number of carbonyl (C=O) groups excluding carboxylic acids is 1. The molecular formula is C17H19F3N6O3S. The van der Waals surface area contributed by atoms with Crippen LogP contribution in [0.1, 0.15) is 39.0 Å². The number of fused-ring (bicyclic) bond motifs is 1. The summed E-state index contributed by atoms with van der Waals surface area (Å²) >= 11 is 1.46. The minimum Gasteiger partial charge on any atom is -0.475 e. The lowest BCUT2D eigenvalue weighted by Gasteiger charge is -2.02. The summed E-state index contributed by atoms with van der Waals surface area (Å²) in [5.41, 5.74) is 7.15. The lowest BCUT2D eigenvalue weighted by Crippen LogP contribution is -2.26. The standard InChI is InChI=1S/C15H18N6OS.C2HF3O2/c1-9(16)14-20-12(10(2)23-14)13(22)17-6-4-11-8-21-7-3-5-18-15(21)19-11;3-2(4,5)1(6)7/h3,5,7-9H,4,6,16H2,1-2H3,(H,17,22);(H,6,7). The summed E-state index contributed by atoms with van der Waals surface area (Å²) in [7, 11) is 0. The van der Waals surface area contributed by atoms with E-state index in [1.165, 1.54) is 11.3 Å². The van der Waals surface area contributed by atoms with Crippen molar-refractivity contribution in [2.45, 2.75) is 32.5 Å². The summed E-state index contributed by atoms with van der Waals surface area (Å²) in [5.74, 6) is -2.27. The van der Waals surface area contributed by atoms with Crippen LogP contribution in [-0.4, -0.2) is 49.1 Å². The van der Waals surface area contributed by atoms with Gasteiger partial charge in [0.15, 0.2) is 0 Å². The number of hydrogen-bond donors (Lipinski definition) is 3. The number of carboxylic acid groups (broad SMARTS) is 1. The van der Waals surface area contributed by atoms with Crippen LogP contribution in [0.25, 0.3) is 5.78 Å². The van der Waals surface area contributed by atoms with E-state index in [1.807, 2.05) is 36.7 Å². The Morgan fingerprint density at radius 2 is 2.03 bits per heavy atom. The minimum atomic E-state index is -5.08. The number of nitrogens with two attached hydrogens (primary N) is 1. The van der Waals surface area contributed by atoms with E-state index >= 15 is 0 Å². The average Bonchev–Trinajstić information content (AvgIpc) is 3.24. The Kier molecular flexibility index (Phi) is 7.45. The summed E-state index contributed by atoms with van der Waals surface area (Å²) in [6.45, 7) is 4.23. The predicted molar refractivity (Wildman–Crippen MR) is 102 cm³/mol. The highest BCUT2D eigenvalue weighted by molar-refractivity contribution is 7.11. The van der Waals surface area contributed by atoms with E-state index in [9.17, 15) is 18.0 Å². The third kappa shape index (κ3) is 6.22. The monoisotopic (exact) mass is 444 g/mol. The predicted octanol–water partition coefficient (Wildman–Crippen LogP) is 2.12. The van der Waals surface area contributed by atoms with Crippen molar-refractivity contribution in [2.24, 2.45) is 5.73 Å². The number of thiazole rings is 1. The SMILES string of the molecule is Cc1sc(C(C)N)nc1C(=O)NCCc1cn2cccnc2n1.O=C(O)C(F)(F)F. The molecule has 0 fully saturated rings. The van der Waals surface area contributed by atoms with E-state index in [2.05, 4.69) is 20.3 Å². The topological polar surface area (TPSA) is 135 Å². The molecule has 4 N–H and O–H groups in total. The second-order valence-corrected chi connectivity index (χ2v) is 7.35. The van der Waals surface area contributed by atoms with Gasteiger partial charge in [-0.3, -0.25) is 9.20 Å². The quantitative estimate of drug-likeness (QED) is 0.548. The van der Waals surface area contributed by atoms with Gasteiger partial charge in [-0.25, -0.2) is 19.7 Å². The van der Waals surface area contributed by atoms with Crippen LogP contribution < -0.4 is 11.1 Å². The first kappa shape index (κ1) is 23.2. The fourth-order valence-electron chi connectivity index (χ4n) is 2.21. The Balaban J connectivity index is 0.000000396. The molecule has 30 heavy (non-hydrogen) atoms. The van der Waals surface area contributed by atoms with Crippen LogP contribution in [0.2, 0.25) is 0 Å². The summed E-state index contributed by atoms with van der Waals surface area (Å²) in [5, 5.41) is 10.8. The van der Waals surface area contributed by atoms with Gasteiger partial charge in [-0.15, -0.1) is 11.3 Å². The van der Waals surface area contributed by atoms with Crippen LogP contribution >= 0.6 is 11.3 Å². The second kappa shape index (κ2) is 9.63. The summed E-state index contributed by atoms with van der Waals surface area (Å²) in [4.78, 5) is 34.9. The van der Waals surface area contributed by atoms with Crippen LogP contribution in [0.3, 0.4) is 0 Å². The Hall–Kier alpha value is -3.06. The van der Waals surface area contributed by atoms with E-state index in [1.54, 1.807) is 6.20 Å². The molecule has 3 aromatic heterocycles. The van der Waals surface area contributed by atoms with Crippen molar-refractivity contribution < 1.29 is 27.9 Å². The van der Waals surface area contributed by atoms with Crippen LogP contribution in [0.15, 0.2) is 24.7 Å². The van der Waals surface area contributed by atoms with Gasteiger partial charge in [-0.2, -0.15) is 13.2 Å². The molecule has 162 valence electrons. The molecule has 0 bridgehead atoms. The highest BCUT2D eigenvalue weighted by Crippen LogP contribution is 2.21.